The van der Waals surface area contributed by atoms with Crippen LogP contribution in [0.4, 0.5) is 5.69 Å². The first-order valence-electron chi connectivity index (χ1n) is 7.64. The summed E-state index contributed by atoms with van der Waals surface area (Å²) in [4.78, 5) is 2.17. The average molecular weight is 286 g/mol. The molecule has 0 unspecified atom stereocenters. The van der Waals surface area contributed by atoms with E-state index < -0.39 is 0 Å². The zero-order chi connectivity index (χ0) is 14.8. The van der Waals surface area contributed by atoms with Gasteiger partial charge >= 0.3 is 0 Å². The monoisotopic (exact) mass is 286 g/mol. The summed E-state index contributed by atoms with van der Waals surface area (Å²) in [6, 6.07) is 11.1. The standard InChI is InChI=1S/C17H22N2O2/c1-2-13-8-10-18(11-9-13)15-12-16(20)19(17(15)21)14-6-4-3-5-7-14/h3-7,12-13,20-21H,2,8-11H2,1H3. The maximum atomic E-state index is 10.5. The Bertz CT molecular complexity index is 599. The molecule has 2 heterocycles. The highest BCUT2D eigenvalue weighted by molar-refractivity contribution is 5.63. The molecule has 0 radical (unpaired) electrons. The predicted octanol–water partition coefficient (Wildman–Crippen LogP) is 3.51. The summed E-state index contributed by atoms with van der Waals surface area (Å²) in [5, 5.41) is 20.7. The van der Waals surface area contributed by atoms with Crippen LogP contribution < -0.4 is 4.90 Å². The smallest absolute Gasteiger partial charge is 0.223 e. The van der Waals surface area contributed by atoms with Crippen molar-refractivity contribution in [1.29, 1.82) is 0 Å². The number of hydrogen-bond donors (Lipinski definition) is 2. The Labute approximate surface area is 125 Å². The number of para-hydroxylation sites is 1. The van der Waals surface area contributed by atoms with E-state index in [0.717, 1.165) is 43.2 Å². The highest BCUT2D eigenvalue weighted by atomic mass is 16.3. The van der Waals surface area contributed by atoms with Crippen molar-refractivity contribution in [2.45, 2.75) is 26.2 Å². The van der Waals surface area contributed by atoms with Crippen molar-refractivity contribution < 1.29 is 10.2 Å². The van der Waals surface area contributed by atoms with Gasteiger partial charge in [-0.25, -0.2) is 4.57 Å². The fraction of sp³-hybridized carbons (Fsp3) is 0.412. The largest absolute Gasteiger partial charge is 0.494 e. The van der Waals surface area contributed by atoms with Crippen LogP contribution in [0.5, 0.6) is 11.8 Å². The van der Waals surface area contributed by atoms with Crippen LogP contribution in [0.3, 0.4) is 0 Å². The van der Waals surface area contributed by atoms with E-state index in [1.807, 2.05) is 30.3 Å². The van der Waals surface area contributed by atoms with Crippen LogP contribution in [-0.2, 0) is 0 Å². The lowest BCUT2D eigenvalue weighted by Gasteiger charge is -2.32. The Balaban J connectivity index is 1.89. The van der Waals surface area contributed by atoms with Gasteiger partial charge < -0.3 is 15.1 Å². The zero-order valence-corrected chi connectivity index (χ0v) is 12.4. The molecule has 3 rings (SSSR count). The molecular weight excluding hydrogens is 264 g/mol. The van der Waals surface area contributed by atoms with Gasteiger partial charge in [-0.1, -0.05) is 31.5 Å². The molecule has 1 fully saturated rings. The van der Waals surface area contributed by atoms with Crippen LogP contribution in [0.1, 0.15) is 26.2 Å². The summed E-state index contributed by atoms with van der Waals surface area (Å²) in [6.45, 7) is 4.10. The third-order valence-electron chi connectivity index (χ3n) is 4.48. The molecule has 1 saturated heterocycles. The Hall–Kier alpha value is -2.10. The van der Waals surface area contributed by atoms with Gasteiger partial charge in [-0.15, -0.1) is 0 Å². The van der Waals surface area contributed by atoms with E-state index in [1.165, 1.54) is 11.0 Å². The first-order valence-corrected chi connectivity index (χ1v) is 7.64. The maximum Gasteiger partial charge on any atom is 0.223 e. The molecule has 1 aliphatic heterocycles. The van der Waals surface area contributed by atoms with Gasteiger partial charge in [0.25, 0.3) is 0 Å². The molecule has 2 N–H and O–H groups in total. The van der Waals surface area contributed by atoms with Crippen LogP contribution in [0.2, 0.25) is 0 Å². The molecule has 0 atom stereocenters. The molecule has 0 saturated carbocycles. The van der Waals surface area contributed by atoms with Crippen molar-refractivity contribution in [3.8, 4) is 17.4 Å². The quantitative estimate of drug-likeness (QED) is 0.907. The first kappa shape index (κ1) is 13.9. The molecule has 1 aliphatic rings. The molecule has 1 aromatic carbocycles. The number of aromatic hydroxyl groups is 2. The Kier molecular flexibility index (Phi) is 3.78. The normalized spacial score (nSPS) is 16.3. The molecule has 0 bridgehead atoms. The van der Waals surface area contributed by atoms with Gasteiger partial charge in [0.1, 0.15) is 5.69 Å². The van der Waals surface area contributed by atoms with Crippen LogP contribution >= 0.6 is 0 Å². The van der Waals surface area contributed by atoms with Crippen LogP contribution in [0, 0.1) is 5.92 Å². The summed E-state index contributed by atoms with van der Waals surface area (Å²) in [5.41, 5.74) is 1.49. The van der Waals surface area contributed by atoms with E-state index in [-0.39, 0.29) is 11.8 Å². The lowest BCUT2D eigenvalue weighted by Crippen LogP contribution is -2.33. The predicted molar refractivity (Wildman–Crippen MR) is 84.3 cm³/mol. The number of hydrogen-bond acceptors (Lipinski definition) is 3. The number of aromatic nitrogens is 1. The van der Waals surface area contributed by atoms with Crippen molar-refractivity contribution in [2.75, 3.05) is 18.0 Å². The minimum Gasteiger partial charge on any atom is -0.494 e. The van der Waals surface area contributed by atoms with Crippen molar-refractivity contribution in [3.63, 3.8) is 0 Å². The van der Waals surface area contributed by atoms with Gasteiger partial charge in [0.15, 0.2) is 0 Å². The van der Waals surface area contributed by atoms with E-state index in [0.29, 0.717) is 0 Å². The number of anilines is 1. The number of rotatable bonds is 3. The van der Waals surface area contributed by atoms with Crippen molar-refractivity contribution in [2.24, 2.45) is 5.92 Å². The van der Waals surface area contributed by atoms with Gasteiger partial charge in [-0.2, -0.15) is 0 Å². The molecule has 4 nitrogen and oxygen atoms in total. The summed E-state index contributed by atoms with van der Waals surface area (Å²) in [7, 11) is 0. The van der Waals surface area contributed by atoms with Gasteiger partial charge in [0, 0.05) is 19.2 Å². The molecule has 0 amide bonds. The Morgan fingerprint density at radius 2 is 1.76 bits per heavy atom. The molecule has 1 aromatic heterocycles. The third kappa shape index (κ3) is 2.58. The lowest BCUT2D eigenvalue weighted by atomic mass is 9.94. The average Bonchev–Trinajstić information content (AvgIpc) is 2.83. The third-order valence-corrected chi connectivity index (χ3v) is 4.48. The van der Waals surface area contributed by atoms with E-state index in [4.69, 9.17) is 0 Å². The minimum absolute atomic E-state index is 0.0753. The summed E-state index contributed by atoms with van der Waals surface area (Å²) >= 11 is 0. The maximum absolute atomic E-state index is 10.5. The summed E-state index contributed by atoms with van der Waals surface area (Å²) in [5.74, 6) is 0.980. The van der Waals surface area contributed by atoms with Crippen molar-refractivity contribution >= 4 is 5.69 Å². The van der Waals surface area contributed by atoms with Gasteiger partial charge in [-0.3, -0.25) is 0 Å². The summed E-state index contributed by atoms with van der Waals surface area (Å²) < 4.78 is 1.49. The molecule has 0 aliphatic carbocycles. The Morgan fingerprint density at radius 3 is 2.38 bits per heavy atom. The summed E-state index contributed by atoms with van der Waals surface area (Å²) in [6.07, 6.45) is 3.51. The molecule has 21 heavy (non-hydrogen) atoms. The van der Waals surface area contributed by atoms with Gasteiger partial charge in [0.2, 0.25) is 11.8 Å². The van der Waals surface area contributed by atoms with E-state index in [2.05, 4.69) is 11.8 Å². The van der Waals surface area contributed by atoms with E-state index in [9.17, 15) is 10.2 Å². The van der Waals surface area contributed by atoms with E-state index >= 15 is 0 Å². The lowest BCUT2D eigenvalue weighted by molar-refractivity contribution is 0.385. The fourth-order valence-corrected chi connectivity index (χ4v) is 3.12. The van der Waals surface area contributed by atoms with E-state index in [1.54, 1.807) is 6.07 Å². The molecule has 2 aromatic rings. The first-order chi connectivity index (χ1) is 10.2. The van der Waals surface area contributed by atoms with Crippen LogP contribution in [0.15, 0.2) is 36.4 Å². The van der Waals surface area contributed by atoms with Crippen molar-refractivity contribution in [1.82, 2.24) is 4.57 Å². The van der Waals surface area contributed by atoms with Gasteiger partial charge in [0.05, 0.1) is 5.69 Å². The molecule has 112 valence electrons. The molecular formula is C17H22N2O2. The van der Waals surface area contributed by atoms with Crippen LogP contribution in [0.25, 0.3) is 5.69 Å². The van der Waals surface area contributed by atoms with Crippen LogP contribution in [-0.4, -0.2) is 27.9 Å². The second kappa shape index (κ2) is 5.72. The Morgan fingerprint density at radius 1 is 1.10 bits per heavy atom. The highest BCUT2D eigenvalue weighted by Crippen LogP contribution is 2.39. The second-order valence-electron chi connectivity index (χ2n) is 5.72. The SMILES string of the molecule is CCC1CCN(c2cc(O)n(-c3ccccc3)c2O)CC1. The number of benzene rings is 1. The topological polar surface area (TPSA) is 48.6 Å². The highest BCUT2D eigenvalue weighted by Gasteiger charge is 2.24. The van der Waals surface area contributed by atoms with Gasteiger partial charge in [-0.05, 0) is 30.9 Å². The fourth-order valence-electron chi connectivity index (χ4n) is 3.12. The molecule has 0 spiro atoms. The zero-order valence-electron chi connectivity index (χ0n) is 12.4. The minimum atomic E-state index is 0.0753. The van der Waals surface area contributed by atoms with Crippen molar-refractivity contribution in [3.05, 3.63) is 36.4 Å². The number of piperidine rings is 1. The molecule has 4 heteroatoms. The number of nitrogens with zero attached hydrogens (tertiary/aromatic N) is 2. The second-order valence-corrected chi connectivity index (χ2v) is 5.72.